The molecule has 2 aromatic rings. The van der Waals surface area contributed by atoms with Crippen LogP contribution < -0.4 is 5.73 Å². The van der Waals surface area contributed by atoms with E-state index in [2.05, 4.69) is 0 Å². The fourth-order valence-electron chi connectivity index (χ4n) is 1.34. The van der Waals surface area contributed by atoms with E-state index in [4.69, 9.17) is 17.3 Å². The van der Waals surface area contributed by atoms with Crippen molar-refractivity contribution >= 4 is 23.2 Å². The van der Waals surface area contributed by atoms with Crippen molar-refractivity contribution in [3.05, 3.63) is 53.3 Å². The molecule has 0 saturated carbocycles. The van der Waals surface area contributed by atoms with E-state index in [9.17, 15) is 4.79 Å². The Hall–Kier alpha value is -1.74. The van der Waals surface area contributed by atoms with Crippen LogP contribution in [0.4, 0.5) is 5.69 Å². The van der Waals surface area contributed by atoms with Crippen molar-refractivity contribution < 1.29 is 4.79 Å². The molecule has 0 aliphatic rings. The summed E-state index contributed by atoms with van der Waals surface area (Å²) in [5.41, 5.74) is 6.55. The van der Waals surface area contributed by atoms with Gasteiger partial charge in [0.05, 0.1) is 5.56 Å². The second kappa shape index (κ2) is 3.79. The normalized spacial score (nSPS) is 10.2. The molecule has 3 nitrogen and oxygen atoms in total. The van der Waals surface area contributed by atoms with Gasteiger partial charge in [-0.3, -0.25) is 9.36 Å². The van der Waals surface area contributed by atoms with Crippen LogP contribution in [0.2, 0.25) is 5.02 Å². The molecule has 1 aromatic carbocycles. The monoisotopic (exact) mass is 220 g/mol. The van der Waals surface area contributed by atoms with Gasteiger partial charge in [-0.25, -0.2) is 0 Å². The van der Waals surface area contributed by atoms with Crippen molar-refractivity contribution in [1.82, 2.24) is 4.57 Å². The van der Waals surface area contributed by atoms with Gasteiger partial charge in [0.1, 0.15) is 0 Å². The van der Waals surface area contributed by atoms with Crippen molar-refractivity contribution in [3.63, 3.8) is 0 Å². The highest BCUT2D eigenvalue weighted by Gasteiger charge is 2.10. The molecule has 4 heteroatoms. The maximum absolute atomic E-state index is 11.9. The Bertz CT molecular complexity index is 491. The number of rotatable bonds is 1. The highest BCUT2D eigenvalue weighted by atomic mass is 35.5. The second-order valence-electron chi connectivity index (χ2n) is 3.13. The summed E-state index contributed by atoms with van der Waals surface area (Å²) in [6.45, 7) is 0. The summed E-state index contributed by atoms with van der Waals surface area (Å²) in [7, 11) is 0. The molecule has 0 radical (unpaired) electrons. The molecule has 0 unspecified atom stereocenters. The average molecular weight is 221 g/mol. The average Bonchev–Trinajstić information content (AvgIpc) is 2.69. The van der Waals surface area contributed by atoms with Crippen LogP contribution in [0.25, 0.3) is 0 Å². The predicted molar refractivity (Wildman–Crippen MR) is 60.0 cm³/mol. The van der Waals surface area contributed by atoms with Crippen LogP contribution in [-0.4, -0.2) is 10.5 Å². The van der Waals surface area contributed by atoms with Gasteiger partial charge in [0, 0.05) is 23.1 Å². The molecule has 15 heavy (non-hydrogen) atoms. The third kappa shape index (κ3) is 1.87. The van der Waals surface area contributed by atoms with E-state index in [0.717, 1.165) is 0 Å². The number of nitrogens with zero attached hydrogens (tertiary/aromatic N) is 1. The maximum atomic E-state index is 11.9. The van der Waals surface area contributed by atoms with Gasteiger partial charge >= 0.3 is 0 Å². The summed E-state index contributed by atoms with van der Waals surface area (Å²) in [6, 6.07) is 8.40. The van der Waals surface area contributed by atoms with Gasteiger partial charge in [0.2, 0.25) is 0 Å². The number of carbonyl (C=O) groups is 1. The van der Waals surface area contributed by atoms with Gasteiger partial charge in [0.25, 0.3) is 5.91 Å². The molecule has 0 fully saturated rings. The highest BCUT2D eigenvalue weighted by Crippen LogP contribution is 2.18. The van der Waals surface area contributed by atoms with E-state index in [1.165, 1.54) is 4.57 Å². The van der Waals surface area contributed by atoms with Gasteiger partial charge in [-0.1, -0.05) is 11.6 Å². The lowest BCUT2D eigenvalue weighted by atomic mass is 10.1. The molecule has 2 N–H and O–H groups in total. The molecule has 1 heterocycles. The van der Waals surface area contributed by atoms with E-state index < -0.39 is 0 Å². The largest absolute Gasteiger partial charge is 0.398 e. The molecule has 0 atom stereocenters. The first-order valence-electron chi connectivity index (χ1n) is 4.41. The molecule has 0 amide bonds. The Morgan fingerprint density at radius 3 is 2.53 bits per heavy atom. The summed E-state index contributed by atoms with van der Waals surface area (Å²) < 4.78 is 1.47. The Labute approximate surface area is 92.1 Å². The molecule has 0 aliphatic heterocycles. The Morgan fingerprint density at radius 1 is 1.27 bits per heavy atom. The van der Waals surface area contributed by atoms with E-state index in [1.807, 2.05) is 0 Å². The fraction of sp³-hybridized carbons (Fsp3) is 0. The molecule has 0 spiro atoms. The van der Waals surface area contributed by atoms with Crippen LogP contribution in [-0.2, 0) is 0 Å². The van der Waals surface area contributed by atoms with E-state index in [-0.39, 0.29) is 5.91 Å². The minimum Gasteiger partial charge on any atom is -0.398 e. The lowest BCUT2D eigenvalue weighted by molar-refractivity contribution is 0.0961. The molecule has 2 rings (SSSR count). The highest BCUT2D eigenvalue weighted by molar-refractivity contribution is 6.31. The summed E-state index contributed by atoms with van der Waals surface area (Å²) in [4.78, 5) is 11.9. The van der Waals surface area contributed by atoms with Gasteiger partial charge in [-0.2, -0.15) is 0 Å². The number of hydrogen-bond donors (Lipinski definition) is 1. The van der Waals surface area contributed by atoms with Crippen LogP contribution in [0, 0.1) is 0 Å². The first-order chi connectivity index (χ1) is 7.18. The predicted octanol–water partition coefficient (Wildman–Crippen LogP) is 2.41. The zero-order valence-electron chi connectivity index (χ0n) is 7.85. The first kappa shape index (κ1) is 9.80. The Kier molecular flexibility index (Phi) is 2.47. The zero-order valence-corrected chi connectivity index (χ0v) is 8.61. The first-order valence-corrected chi connectivity index (χ1v) is 4.79. The minimum absolute atomic E-state index is 0.158. The van der Waals surface area contributed by atoms with Crippen molar-refractivity contribution in [2.24, 2.45) is 0 Å². The number of nitrogen functional groups attached to an aromatic ring is 1. The lowest BCUT2D eigenvalue weighted by Crippen LogP contribution is -2.11. The number of hydrogen-bond acceptors (Lipinski definition) is 2. The fourth-order valence-corrected chi connectivity index (χ4v) is 1.52. The smallest absolute Gasteiger partial charge is 0.263 e. The van der Waals surface area contributed by atoms with Crippen molar-refractivity contribution in [2.75, 3.05) is 5.73 Å². The zero-order chi connectivity index (χ0) is 10.8. The maximum Gasteiger partial charge on any atom is 0.263 e. The Morgan fingerprint density at radius 2 is 1.93 bits per heavy atom. The standard InChI is InChI=1S/C11H9ClN2O/c12-8-3-4-9(10(13)7-8)11(15)14-5-1-2-6-14/h1-7H,13H2. The summed E-state index contributed by atoms with van der Waals surface area (Å²) in [6.07, 6.45) is 3.35. The number of halogens is 1. The van der Waals surface area contributed by atoms with E-state index in [1.54, 1.807) is 42.7 Å². The van der Waals surface area contributed by atoms with Crippen LogP contribution >= 0.6 is 11.6 Å². The van der Waals surface area contributed by atoms with Crippen LogP contribution in [0.3, 0.4) is 0 Å². The topological polar surface area (TPSA) is 48.0 Å². The molecule has 0 saturated heterocycles. The molecule has 0 bridgehead atoms. The van der Waals surface area contributed by atoms with Gasteiger partial charge < -0.3 is 5.73 Å². The molecule has 1 aromatic heterocycles. The molecular weight excluding hydrogens is 212 g/mol. The van der Waals surface area contributed by atoms with Crippen molar-refractivity contribution in [3.8, 4) is 0 Å². The second-order valence-corrected chi connectivity index (χ2v) is 3.56. The van der Waals surface area contributed by atoms with Gasteiger partial charge in [-0.05, 0) is 30.3 Å². The van der Waals surface area contributed by atoms with E-state index in [0.29, 0.717) is 16.3 Å². The quantitative estimate of drug-likeness (QED) is 0.751. The van der Waals surface area contributed by atoms with Gasteiger partial charge in [-0.15, -0.1) is 0 Å². The molecule has 76 valence electrons. The van der Waals surface area contributed by atoms with Gasteiger partial charge in [0.15, 0.2) is 0 Å². The van der Waals surface area contributed by atoms with Crippen LogP contribution in [0.5, 0.6) is 0 Å². The number of benzene rings is 1. The van der Waals surface area contributed by atoms with Crippen LogP contribution in [0.1, 0.15) is 10.4 Å². The number of aromatic nitrogens is 1. The summed E-state index contributed by atoms with van der Waals surface area (Å²) >= 11 is 5.75. The van der Waals surface area contributed by atoms with Crippen molar-refractivity contribution in [2.45, 2.75) is 0 Å². The van der Waals surface area contributed by atoms with Crippen LogP contribution in [0.15, 0.2) is 42.7 Å². The minimum atomic E-state index is -0.158. The van der Waals surface area contributed by atoms with E-state index >= 15 is 0 Å². The summed E-state index contributed by atoms with van der Waals surface area (Å²) in [5.74, 6) is -0.158. The van der Waals surface area contributed by atoms with Crippen molar-refractivity contribution in [1.29, 1.82) is 0 Å². The lowest BCUT2D eigenvalue weighted by Gasteiger charge is -2.05. The molecule has 0 aliphatic carbocycles. The third-order valence-electron chi connectivity index (χ3n) is 2.08. The number of carbonyl (C=O) groups excluding carboxylic acids is 1. The Balaban J connectivity index is 2.42. The third-order valence-corrected chi connectivity index (χ3v) is 2.32. The SMILES string of the molecule is Nc1cc(Cl)ccc1C(=O)n1cccc1. The molecular formula is C11H9ClN2O. The number of nitrogens with two attached hydrogens (primary N) is 1. The summed E-state index contributed by atoms with van der Waals surface area (Å²) in [5, 5.41) is 0.525. The number of anilines is 1.